The van der Waals surface area contributed by atoms with Crippen LogP contribution in [0.5, 0.6) is 0 Å². The molecule has 2 unspecified atom stereocenters. The quantitative estimate of drug-likeness (QED) is 0.679. The van der Waals surface area contributed by atoms with E-state index in [0.29, 0.717) is 52.7 Å². The van der Waals surface area contributed by atoms with Gasteiger partial charge in [-0.15, -0.1) is 0 Å². The highest BCUT2D eigenvalue weighted by molar-refractivity contribution is 4.69. The lowest BCUT2D eigenvalue weighted by molar-refractivity contribution is -0.0446. The van der Waals surface area contributed by atoms with Gasteiger partial charge in [-0.25, -0.2) is 0 Å². The summed E-state index contributed by atoms with van der Waals surface area (Å²) in [5.74, 6) is 0. The van der Waals surface area contributed by atoms with Crippen LogP contribution in [-0.2, 0) is 14.2 Å². The standard InChI is InChI=1S/C18H37NO5/c1-2-3-4-5-6-7-8-19-13-17(20)15-23-11-9-22-10-12-24-16-18(21)14-19/h17-18,20-21H,2-16H2,1H3. The first-order valence-corrected chi connectivity index (χ1v) is 9.54. The molecule has 0 saturated carbocycles. The normalized spacial score (nSPS) is 26.1. The van der Waals surface area contributed by atoms with Crippen molar-refractivity contribution in [2.75, 3.05) is 59.3 Å². The smallest absolute Gasteiger partial charge is 0.0900 e. The minimum Gasteiger partial charge on any atom is -0.389 e. The summed E-state index contributed by atoms with van der Waals surface area (Å²) in [6.45, 7) is 6.74. The molecule has 0 aromatic heterocycles. The molecule has 0 bridgehead atoms. The third-order valence-electron chi connectivity index (χ3n) is 4.13. The number of aliphatic hydroxyl groups excluding tert-OH is 2. The zero-order valence-corrected chi connectivity index (χ0v) is 15.3. The van der Waals surface area contributed by atoms with Gasteiger partial charge < -0.3 is 24.4 Å². The van der Waals surface area contributed by atoms with E-state index in [-0.39, 0.29) is 0 Å². The average molecular weight is 347 g/mol. The second kappa shape index (κ2) is 15.0. The zero-order valence-electron chi connectivity index (χ0n) is 15.3. The molecule has 1 aliphatic rings. The molecular weight excluding hydrogens is 310 g/mol. The third kappa shape index (κ3) is 12.2. The van der Waals surface area contributed by atoms with Crippen LogP contribution in [0.25, 0.3) is 0 Å². The van der Waals surface area contributed by atoms with E-state index in [2.05, 4.69) is 11.8 Å². The van der Waals surface area contributed by atoms with E-state index >= 15 is 0 Å². The van der Waals surface area contributed by atoms with Crippen molar-refractivity contribution in [2.45, 2.75) is 57.7 Å². The fourth-order valence-corrected chi connectivity index (χ4v) is 2.85. The van der Waals surface area contributed by atoms with E-state index < -0.39 is 12.2 Å². The lowest BCUT2D eigenvalue weighted by atomic mass is 10.1. The fourth-order valence-electron chi connectivity index (χ4n) is 2.85. The van der Waals surface area contributed by atoms with Crippen molar-refractivity contribution in [2.24, 2.45) is 0 Å². The molecule has 0 spiro atoms. The molecule has 0 aromatic carbocycles. The molecule has 2 N–H and O–H groups in total. The Morgan fingerprint density at radius 3 is 1.83 bits per heavy atom. The van der Waals surface area contributed by atoms with Crippen molar-refractivity contribution in [3.63, 3.8) is 0 Å². The van der Waals surface area contributed by atoms with Gasteiger partial charge in [0, 0.05) is 13.1 Å². The molecule has 1 saturated heterocycles. The number of hydrogen-bond donors (Lipinski definition) is 2. The summed E-state index contributed by atoms with van der Waals surface area (Å²) in [6, 6.07) is 0. The third-order valence-corrected chi connectivity index (χ3v) is 4.13. The lowest BCUT2D eigenvalue weighted by Gasteiger charge is -2.27. The minimum atomic E-state index is -0.541. The first kappa shape index (κ1) is 21.8. The molecule has 6 nitrogen and oxygen atoms in total. The summed E-state index contributed by atoms with van der Waals surface area (Å²) in [7, 11) is 0. The fraction of sp³-hybridized carbons (Fsp3) is 1.00. The van der Waals surface area contributed by atoms with Crippen LogP contribution in [0.4, 0.5) is 0 Å². The van der Waals surface area contributed by atoms with E-state index in [1.165, 1.54) is 32.1 Å². The molecule has 0 radical (unpaired) electrons. The molecule has 1 rings (SSSR count). The van der Waals surface area contributed by atoms with Crippen molar-refractivity contribution in [1.82, 2.24) is 4.90 Å². The number of nitrogens with zero attached hydrogens (tertiary/aromatic N) is 1. The second-order valence-corrected chi connectivity index (χ2v) is 6.60. The van der Waals surface area contributed by atoms with Gasteiger partial charge >= 0.3 is 0 Å². The van der Waals surface area contributed by atoms with Gasteiger partial charge in [-0.2, -0.15) is 0 Å². The predicted molar refractivity (Wildman–Crippen MR) is 94.3 cm³/mol. The summed E-state index contributed by atoms with van der Waals surface area (Å²) in [5.41, 5.74) is 0. The maximum absolute atomic E-state index is 10.1. The Morgan fingerprint density at radius 1 is 0.750 bits per heavy atom. The van der Waals surface area contributed by atoms with Gasteiger partial charge in [-0.3, -0.25) is 4.90 Å². The predicted octanol–water partition coefficient (Wildman–Crippen LogP) is 1.43. The molecule has 2 atom stereocenters. The van der Waals surface area contributed by atoms with Crippen LogP contribution in [0.15, 0.2) is 0 Å². The molecule has 0 amide bonds. The number of β-amino-alcohol motifs (C(OH)–C–C–N with tert-alkyl or cyclic N) is 2. The molecule has 1 heterocycles. The highest BCUT2D eigenvalue weighted by Gasteiger charge is 2.16. The number of hydrogen-bond acceptors (Lipinski definition) is 6. The first-order valence-electron chi connectivity index (χ1n) is 9.54. The van der Waals surface area contributed by atoms with Gasteiger partial charge in [0.25, 0.3) is 0 Å². The summed E-state index contributed by atoms with van der Waals surface area (Å²) in [5, 5.41) is 20.3. The molecule has 0 aromatic rings. The monoisotopic (exact) mass is 347 g/mol. The Bertz CT molecular complexity index is 262. The summed E-state index contributed by atoms with van der Waals surface area (Å²) in [6.07, 6.45) is 6.34. The van der Waals surface area contributed by atoms with Crippen LogP contribution in [-0.4, -0.2) is 86.6 Å². The van der Waals surface area contributed by atoms with Gasteiger partial charge in [-0.1, -0.05) is 39.0 Å². The number of aliphatic hydroxyl groups is 2. The van der Waals surface area contributed by atoms with Gasteiger partial charge in [0.1, 0.15) is 0 Å². The zero-order chi connectivity index (χ0) is 17.5. The number of rotatable bonds is 7. The average Bonchev–Trinajstić information content (AvgIpc) is 2.55. The van der Waals surface area contributed by atoms with Crippen LogP contribution in [0.3, 0.4) is 0 Å². The Kier molecular flexibility index (Phi) is 13.7. The van der Waals surface area contributed by atoms with Gasteiger partial charge in [-0.05, 0) is 13.0 Å². The lowest BCUT2D eigenvalue weighted by Crippen LogP contribution is -2.41. The Labute approximate surface area is 147 Å². The SMILES string of the molecule is CCCCCCCCN1CC(O)COCCOCCOCC(O)C1. The maximum Gasteiger partial charge on any atom is 0.0900 e. The van der Waals surface area contributed by atoms with Crippen LogP contribution >= 0.6 is 0 Å². The molecule has 24 heavy (non-hydrogen) atoms. The van der Waals surface area contributed by atoms with E-state index in [1.54, 1.807) is 0 Å². The molecule has 6 heteroatoms. The molecule has 0 aliphatic carbocycles. The van der Waals surface area contributed by atoms with Crippen molar-refractivity contribution < 1.29 is 24.4 Å². The second-order valence-electron chi connectivity index (χ2n) is 6.60. The number of ether oxygens (including phenoxy) is 3. The molecule has 1 fully saturated rings. The van der Waals surface area contributed by atoms with Crippen molar-refractivity contribution in [3.8, 4) is 0 Å². The van der Waals surface area contributed by atoms with E-state index in [0.717, 1.165) is 13.0 Å². The van der Waals surface area contributed by atoms with E-state index in [9.17, 15) is 10.2 Å². The van der Waals surface area contributed by atoms with Crippen molar-refractivity contribution >= 4 is 0 Å². The van der Waals surface area contributed by atoms with Crippen LogP contribution in [0.1, 0.15) is 45.4 Å². The first-order chi connectivity index (χ1) is 11.7. The number of unbranched alkanes of at least 4 members (excludes halogenated alkanes) is 5. The largest absolute Gasteiger partial charge is 0.389 e. The summed E-state index contributed by atoms with van der Waals surface area (Å²) in [4.78, 5) is 2.13. The Morgan fingerprint density at radius 2 is 1.25 bits per heavy atom. The minimum absolute atomic E-state index is 0.308. The molecule has 1 aliphatic heterocycles. The van der Waals surface area contributed by atoms with Gasteiger partial charge in [0.05, 0.1) is 51.8 Å². The maximum atomic E-state index is 10.1. The van der Waals surface area contributed by atoms with Crippen LogP contribution in [0.2, 0.25) is 0 Å². The van der Waals surface area contributed by atoms with Gasteiger partial charge in [0.2, 0.25) is 0 Å². The van der Waals surface area contributed by atoms with E-state index in [4.69, 9.17) is 14.2 Å². The van der Waals surface area contributed by atoms with Crippen LogP contribution in [0, 0.1) is 0 Å². The molecular formula is C18H37NO5. The highest BCUT2D eigenvalue weighted by Crippen LogP contribution is 2.07. The topological polar surface area (TPSA) is 71.4 Å². The van der Waals surface area contributed by atoms with Crippen molar-refractivity contribution in [3.05, 3.63) is 0 Å². The highest BCUT2D eigenvalue weighted by atomic mass is 16.5. The Hall–Kier alpha value is -0.240. The van der Waals surface area contributed by atoms with Crippen LogP contribution < -0.4 is 0 Å². The summed E-state index contributed by atoms with van der Waals surface area (Å²) < 4.78 is 16.2. The Balaban J connectivity index is 2.34. The van der Waals surface area contributed by atoms with E-state index in [1.807, 2.05) is 0 Å². The summed E-state index contributed by atoms with van der Waals surface area (Å²) >= 11 is 0. The van der Waals surface area contributed by atoms with Crippen molar-refractivity contribution in [1.29, 1.82) is 0 Å². The van der Waals surface area contributed by atoms with Gasteiger partial charge in [0.15, 0.2) is 0 Å². The molecule has 144 valence electrons.